The van der Waals surface area contributed by atoms with Crippen LogP contribution in [0.2, 0.25) is 0 Å². The molecule has 3 rings (SSSR count). The average Bonchev–Trinajstić information content (AvgIpc) is 3.17. The van der Waals surface area contributed by atoms with Crippen LogP contribution in [-0.4, -0.2) is 43.0 Å². The third-order valence-corrected chi connectivity index (χ3v) is 4.86. The number of carbonyl (C=O) groups is 1. The Bertz CT molecular complexity index is 700. The molecule has 1 aliphatic heterocycles. The summed E-state index contributed by atoms with van der Waals surface area (Å²) in [4.78, 5) is 15.6. The second kappa shape index (κ2) is 11.0. The van der Waals surface area contributed by atoms with Crippen LogP contribution >= 0.6 is 0 Å². The summed E-state index contributed by atoms with van der Waals surface area (Å²) in [6.45, 7) is 6.85. The molecule has 2 N–H and O–H groups in total. The van der Waals surface area contributed by atoms with Crippen molar-refractivity contribution in [2.24, 2.45) is 5.73 Å². The predicted octanol–water partition coefficient (Wildman–Crippen LogP) is 3.09. The van der Waals surface area contributed by atoms with Crippen molar-refractivity contribution < 1.29 is 40.6 Å². The molecule has 27 heavy (non-hydrogen) atoms. The molecule has 1 aliphatic rings. The van der Waals surface area contributed by atoms with Gasteiger partial charge in [-0.2, -0.15) is 12.1 Å². The topological polar surface area (TPSA) is 55.6 Å². The minimum Gasteiger partial charge on any atom is -0.551 e. The normalized spacial score (nSPS) is 16.4. The fraction of sp³-hybridized carbons (Fsp3) is 0.364. The summed E-state index contributed by atoms with van der Waals surface area (Å²) >= 11 is 0. The first-order chi connectivity index (χ1) is 12.7. The maximum Gasteiger partial charge on any atom is 2.00 e. The van der Waals surface area contributed by atoms with Gasteiger partial charge in [0.05, 0.1) is 0 Å². The van der Waals surface area contributed by atoms with Gasteiger partial charge in [0.2, 0.25) is 0 Å². The Hall–Kier alpha value is -1.12. The molecule has 2 aromatic rings. The van der Waals surface area contributed by atoms with Gasteiger partial charge in [-0.15, -0.1) is 17.7 Å². The summed E-state index contributed by atoms with van der Waals surface area (Å²) in [7, 11) is 0. The molecule has 0 aromatic heterocycles. The van der Waals surface area contributed by atoms with E-state index in [-0.39, 0.29) is 42.9 Å². The first-order valence-electron chi connectivity index (χ1n) is 9.20. The van der Waals surface area contributed by atoms with Crippen LogP contribution in [0, 0.1) is 44.1 Å². The van der Waals surface area contributed by atoms with Gasteiger partial charge in [-0.05, 0) is 32.5 Å². The van der Waals surface area contributed by atoms with Crippen molar-refractivity contribution in [1.82, 2.24) is 4.90 Å². The average molecular weight is 588 g/mol. The number of ether oxygens (including phenoxy) is 1. The molecular formula is C22H26N2O2U. The summed E-state index contributed by atoms with van der Waals surface area (Å²) in [6, 6.07) is 17.8. The van der Waals surface area contributed by atoms with E-state index in [1.807, 2.05) is 48.5 Å². The van der Waals surface area contributed by atoms with E-state index in [0.717, 1.165) is 25.2 Å². The molecular weight excluding hydrogens is 562 g/mol. The number of nitrogens with two attached hydrogens (primary N) is 1. The third kappa shape index (κ3) is 5.93. The number of nitrogens with zero attached hydrogens (tertiary/aromatic N) is 1. The van der Waals surface area contributed by atoms with Crippen LogP contribution in [0.15, 0.2) is 48.5 Å². The molecule has 1 fully saturated rings. The molecule has 0 saturated carbocycles. The summed E-state index contributed by atoms with van der Waals surface area (Å²) < 4.78 is 5.36. The first-order valence-corrected chi connectivity index (χ1v) is 9.20. The van der Waals surface area contributed by atoms with Crippen molar-refractivity contribution >= 4 is 5.78 Å². The number of carbonyl (C=O) groups excluding carboxylic acids is 1. The van der Waals surface area contributed by atoms with Crippen LogP contribution < -0.4 is 10.5 Å². The van der Waals surface area contributed by atoms with Crippen molar-refractivity contribution in [3.05, 3.63) is 72.6 Å². The molecule has 4 nitrogen and oxygen atoms in total. The number of likely N-dealkylation sites (tertiary alicyclic amines) is 1. The largest absolute Gasteiger partial charge is 2.00 e. The quantitative estimate of drug-likeness (QED) is 0.381. The van der Waals surface area contributed by atoms with Gasteiger partial charge in [-0.1, -0.05) is 30.3 Å². The second-order valence-corrected chi connectivity index (χ2v) is 6.71. The molecule has 140 valence electrons. The van der Waals surface area contributed by atoms with Crippen molar-refractivity contribution in [3.63, 3.8) is 0 Å². The Labute approximate surface area is 185 Å². The van der Waals surface area contributed by atoms with Crippen LogP contribution in [0.5, 0.6) is 5.75 Å². The molecule has 2 aromatic carbocycles. The zero-order chi connectivity index (χ0) is 18.4. The Morgan fingerprint density at radius 2 is 1.89 bits per heavy atom. The molecule has 0 unspecified atom stereocenters. The Balaban J connectivity index is 0.00000261. The number of ketones is 1. The Morgan fingerprint density at radius 3 is 2.48 bits per heavy atom. The minimum atomic E-state index is -0.400. The standard InChI is InChI=1S/C22H26N2O2.U/c1-2-26-19-12-10-17(11-13-19)21(20(23)16-24-14-6-7-15-24)22(25)18-8-4-3-5-9-18;/h3-5,8-12,20-21H,1-2,6-7,14-16,23H2;/q-2;+2/t20-,21-;/m1./s1. The van der Waals surface area contributed by atoms with E-state index in [1.54, 1.807) is 0 Å². The number of Topliss-reactive ketones (excluding diaryl/α,β-unsaturated/α-hetero) is 1. The molecule has 1 heterocycles. The zero-order valence-corrected chi connectivity index (χ0v) is 19.7. The Kier molecular flexibility index (Phi) is 9.05. The SMILES string of the molecule is [CH2-]COc1[c-]cc([C@@H](C(=O)c2ccccc2)[C@H](N)CN2CCCC2)cc1.[U+2]. The van der Waals surface area contributed by atoms with Gasteiger partial charge in [0.1, 0.15) is 0 Å². The van der Waals surface area contributed by atoms with Gasteiger partial charge < -0.3 is 22.3 Å². The van der Waals surface area contributed by atoms with Crippen LogP contribution in [0.1, 0.15) is 34.7 Å². The molecule has 1 saturated heterocycles. The van der Waals surface area contributed by atoms with Gasteiger partial charge in [0.15, 0.2) is 5.78 Å². The summed E-state index contributed by atoms with van der Waals surface area (Å²) in [6.07, 6.45) is 2.41. The van der Waals surface area contributed by atoms with E-state index in [0.29, 0.717) is 17.9 Å². The summed E-state index contributed by atoms with van der Waals surface area (Å²) in [5, 5.41) is 0. The van der Waals surface area contributed by atoms with Gasteiger partial charge in [-0.25, -0.2) is 0 Å². The van der Waals surface area contributed by atoms with Crippen molar-refractivity contribution in [2.75, 3.05) is 26.2 Å². The molecule has 2 atom stereocenters. The van der Waals surface area contributed by atoms with Crippen LogP contribution in [0.25, 0.3) is 0 Å². The first kappa shape index (κ1) is 22.2. The van der Waals surface area contributed by atoms with E-state index in [1.165, 1.54) is 12.8 Å². The fourth-order valence-corrected chi connectivity index (χ4v) is 3.56. The number of hydrogen-bond acceptors (Lipinski definition) is 4. The van der Waals surface area contributed by atoms with Gasteiger partial charge in [0, 0.05) is 29.8 Å². The van der Waals surface area contributed by atoms with E-state index in [9.17, 15) is 4.79 Å². The molecule has 0 amide bonds. The summed E-state index contributed by atoms with van der Waals surface area (Å²) in [5.74, 6) is 0.280. The van der Waals surface area contributed by atoms with E-state index < -0.39 is 5.92 Å². The monoisotopic (exact) mass is 588 g/mol. The third-order valence-electron chi connectivity index (χ3n) is 4.86. The Morgan fingerprint density at radius 1 is 1.19 bits per heavy atom. The summed E-state index contributed by atoms with van der Waals surface area (Å²) in [5.41, 5.74) is 8.11. The molecule has 5 heteroatoms. The van der Waals surface area contributed by atoms with Crippen molar-refractivity contribution in [1.29, 1.82) is 0 Å². The minimum absolute atomic E-state index is 0. The second-order valence-electron chi connectivity index (χ2n) is 6.71. The van der Waals surface area contributed by atoms with Crippen LogP contribution in [0.4, 0.5) is 0 Å². The molecule has 0 bridgehead atoms. The van der Waals surface area contributed by atoms with Crippen molar-refractivity contribution in [2.45, 2.75) is 24.8 Å². The molecule has 0 spiro atoms. The maximum atomic E-state index is 13.2. The van der Waals surface area contributed by atoms with Gasteiger partial charge in [-0.3, -0.25) is 4.79 Å². The number of rotatable bonds is 8. The van der Waals surface area contributed by atoms with Gasteiger partial charge in [0.25, 0.3) is 0 Å². The van der Waals surface area contributed by atoms with E-state index in [2.05, 4.69) is 17.9 Å². The molecule has 0 radical (unpaired) electrons. The van der Waals surface area contributed by atoms with Gasteiger partial charge >= 0.3 is 31.1 Å². The maximum absolute atomic E-state index is 13.2. The number of hydrogen-bond donors (Lipinski definition) is 1. The van der Waals surface area contributed by atoms with Crippen LogP contribution in [0.3, 0.4) is 0 Å². The van der Waals surface area contributed by atoms with E-state index in [4.69, 9.17) is 10.5 Å². The smallest absolute Gasteiger partial charge is 0.551 e. The van der Waals surface area contributed by atoms with Crippen molar-refractivity contribution in [3.8, 4) is 5.75 Å². The number of benzene rings is 2. The van der Waals surface area contributed by atoms with Crippen LogP contribution in [-0.2, 0) is 0 Å². The predicted molar refractivity (Wildman–Crippen MR) is 103 cm³/mol. The zero-order valence-electron chi connectivity index (χ0n) is 15.6. The molecule has 0 aliphatic carbocycles. The van der Waals surface area contributed by atoms with E-state index >= 15 is 0 Å². The fourth-order valence-electron chi connectivity index (χ4n) is 3.56.